The predicted molar refractivity (Wildman–Crippen MR) is 88.7 cm³/mol. The van der Waals surface area contributed by atoms with Crippen LogP contribution in [-0.2, 0) is 4.79 Å². The van der Waals surface area contributed by atoms with Crippen molar-refractivity contribution in [2.45, 2.75) is 31.9 Å². The van der Waals surface area contributed by atoms with E-state index in [1.807, 2.05) is 0 Å². The van der Waals surface area contributed by atoms with Crippen LogP contribution in [0.25, 0.3) is 5.82 Å². The first-order valence-corrected chi connectivity index (χ1v) is 8.57. The molecule has 3 N–H and O–H groups in total. The van der Waals surface area contributed by atoms with Gasteiger partial charge in [0.1, 0.15) is 11.6 Å². The van der Waals surface area contributed by atoms with Gasteiger partial charge in [-0.05, 0) is 37.7 Å². The fraction of sp³-hybridized carbons (Fsp3) is 0.529. The fourth-order valence-electron chi connectivity index (χ4n) is 3.33. The van der Waals surface area contributed by atoms with Gasteiger partial charge in [-0.3, -0.25) is 4.79 Å². The van der Waals surface area contributed by atoms with Gasteiger partial charge in [-0.1, -0.05) is 0 Å². The zero-order valence-electron chi connectivity index (χ0n) is 14.1. The SMILES string of the molecule is O=C(NCC1CCC(C(F)(F)F)CC1)C1=C(O)C=C(n2cccn2)NC1. The van der Waals surface area contributed by atoms with Crippen molar-refractivity contribution in [1.29, 1.82) is 0 Å². The molecule has 142 valence electrons. The van der Waals surface area contributed by atoms with Crippen molar-refractivity contribution in [3.05, 3.63) is 35.9 Å². The Kier molecular flexibility index (Phi) is 5.24. The van der Waals surface area contributed by atoms with E-state index in [4.69, 9.17) is 0 Å². The molecule has 0 aromatic carbocycles. The number of amides is 1. The van der Waals surface area contributed by atoms with Crippen LogP contribution in [0.3, 0.4) is 0 Å². The Labute approximate surface area is 148 Å². The highest BCUT2D eigenvalue weighted by molar-refractivity contribution is 5.95. The molecule has 0 atom stereocenters. The topological polar surface area (TPSA) is 79.2 Å². The highest BCUT2D eigenvalue weighted by Crippen LogP contribution is 2.39. The molecule has 3 rings (SSSR count). The summed E-state index contributed by atoms with van der Waals surface area (Å²) in [7, 11) is 0. The number of halogens is 3. The Morgan fingerprint density at radius 3 is 2.65 bits per heavy atom. The average molecular weight is 370 g/mol. The van der Waals surface area contributed by atoms with Crippen molar-refractivity contribution in [1.82, 2.24) is 20.4 Å². The molecule has 6 nitrogen and oxygen atoms in total. The summed E-state index contributed by atoms with van der Waals surface area (Å²) in [4.78, 5) is 12.3. The number of alkyl halides is 3. The normalized spacial score (nSPS) is 24.0. The van der Waals surface area contributed by atoms with Gasteiger partial charge in [-0.2, -0.15) is 18.3 Å². The average Bonchev–Trinajstić information content (AvgIpc) is 3.14. The van der Waals surface area contributed by atoms with E-state index in [9.17, 15) is 23.1 Å². The molecule has 1 amide bonds. The quantitative estimate of drug-likeness (QED) is 0.761. The molecule has 0 unspecified atom stereocenters. The molecule has 1 saturated carbocycles. The Balaban J connectivity index is 1.52. The molecular weight excluding hydrogens is 349 g/mol. The lowest BCUT2D eigenvalue weighted by molar-refractivity contribution is -0.183. The lowest BCUT2D eigenvalue weighted by atomic mass is 9.81. The fourth-order valence-corrected chi connectivity index (χ4v) is 3.33. The van der Waals surface area contributed by atoms with Gasteiger partial charge in [0.15, 0.2) is 0 Å². The van der Waals surface area contributed by atoms with Crippen LogP contribution in [0.4, 0.5) is 13.2 Å². The number of hydrogen-bond donors (Lipinski definition) is 3. The van der Waals surface area contributed by atoms with Crippen LogP contribution in [0.2, 0.25) is 0 Å². The molecular formula is C17H21F3N4O2. The van der Waals surface area contributed by atoms with Crippen molar-refractivity contribution in [3.63, 3.8) is 0 Å². The summed E-state index contributed by atoms with van der Waals surface area (Å²) in [6.07, 6.45) is 1.68. The number of aromatic nitrogens is 2. The van der Waals surface area contributed by atoms with Crippen molar-refractivity contribution in [2.75, 3.05) is 13.1 Å². The number of aliphatic hydroxyl groups excluding tert-OH is 1. The zero-order chi connectivity index (χ0) is 18.7. The van der Waals surface area contributed by atoms with E-state index in [2.05, 4.69) is 15.7 Å². The summed E-state index contributed by atoms with van der Waals surface area (Å²) in [5, 5.41) is 19.9. The van der Waals surface area contributed by atoms with Crippen LogP contribution in [0.1, 0.15) is 25.7 Å². The minimum Gasteiger partial charge on any atom is -0.507 e. The van der Waals surface area contributed by atoms with Gasteiger partial charge >= 0.3 is 6.18 Å². The molecule has 2 aliphatic rings. The molecule has 1 aromatic rings. The Morgan fingerprint density at radius 1 is 1.35 bits per heavy atom. The maximum atomic E-state index is 12.7. The van der Waals surface area contributed by atoms with Gasteiger partial charge in [0.2, 0.25) is 0 Å². The van der Waals surface area contributed by atoms with E-state index in [1.165, 1.54) is 10.8 Å². The molecule has 1 aliphatic carbocycles. The number of carbonyl (C=O) groups is 1. The van der Waals surface area contributed by atoms with Crippen LogP contribution < -0.4 is 10.6 Å². The predicted octanol–water partition coefficient (Wildman–Crippen LogP) is 2.58. The summed E-state index contributed by atoms with van der Waals surface area (Å²) >= 11 is 0. The number of aliphatic hydroxyl groups is 1. The van der Waals surface area contributed by atoms with E-state index in [0.717, 1.165) is 0 Å². The number of nitrogens with one attached hydrogen (secondary N) is 2. The van der Waals surface area contributed by atoms with Crippen molar-refractivity contribution < 1.29 is 23.1 Å². The second kappa shape index (κ2) is 7.43. The monoisotopic (exact) mass is 370 g/mol. The summed E-state index contributed by atoms with van der Waals surface area (Å²) in [6, 6.07) is 1.74. The van der Waals surface area contributed by atoms with Gasteiger partial charge in [0.25, 0.3) is 5.91 Å². The van der Waals surface area contributed by atoms with Crippen LogP contribution in [0, 0.1) is 11.8 Å². The zero-order valence-corrected chi connectivity index (χ0v) is 14.1. The smallest absolute Gasteiger partial charge is 0.391 e. The molecule has 1 fully saturated rings. The Bertz CT molecular complexity index is 702. The van der Waals surface area contributed by atoms with Gasteiger partial charge in [-0.25, -0.2) is 4.68 Å². The molecule has 2 heterocycles. The highest BCUT2D eigenvalue weighted by Gasteiger charge is 2.41. The summed E-state index contributed by atoms with van der Waals surface area (Å²) in [5.74, 6) is -1.20. The third-order valence-corrected chi connectivity index (χ3v) is 4.92. The van der Waals surface area contributed by atoms with E-state index >= 15 is 0 Å². The van der Waals surface area contributed by atoms with Gasteiger partial charge in [-0.15, -0.1) is 0 Å². The third-order valence-electron chi connectivity index (χ3n) is 4.92. The van der Waals surface area contributed by atoms with E-state index in [0.29, 0.717) is 25.2 Å². The Hall–Kier alpha value is -2.45. The van der Waals surface area contributed by atoms with Crippen molar-refractivity contribution >= 4 is 11.7 Å². The van der Waals surface area contributed by atoms with Crippen LogP contribution in [-0.4, -0.2) is 40.1 Å². The van der Waals surface area contributed by atoms with Gasteiger partial charge in [0.05, 0.1) is 18.0 Å². The second-order valence-electron chi connectivity index (χ2n) is 6.67. The van der Waals surface area contributed by atoms with Crippen molar-refractivity contribution in [3.8, 4) is 0 Å². The first kappa shape index (κ1) is 18.3. The highest BCUT2D eigenvalue weighted by atomic mass is 19.4. The summed E-state index contributed by atoms with van der Waals surface area (Å²) in [6.45, 7) is 0.458. The minimum atomic E-state index is -4.13. The van der Waals surface area contributed by atoms with E-state index in [-0.39, 0.29) is 36.6 Å². The number of nitrogens with zero attached hydrogens (tertiary/aromatic N) is 2. The molecule has 0 bridgehead atoms. The minimum absolute atomic E-state index is 0.0343. The largest absolute Gasteiger partial charge is 0.507 e. The number of carbonyl (C=O) groups excluding carboxylic acids is 1. The molecule has 26 heavy (non-hydrogen) atoms. The Morgan fingerprint density at radius 2 is 2.08 bits per heavy atom. The molecule has 1 aliphatic heterocycles. The van der Waals surface area contributed by atoms with Crippen LogP contribution in [0.15, 0.2) is 35.9 Å². The summed E-state index contributed by atoms with van der Waals surface area (Å²) in [5.41, 5.74) is 0.199. The third kappa shape index (κ3) is 4.20. The second-order valence-corrected chi connectivity index (χ2v) is 6.67. The first-order chi connectivity index (χ1) is 12.3. The van der Waals surface area contributed by atoms with E-state index in [1.54, 1.807) is 18.5 Å². The van der Waals surface area contributed by atoms with Gasteiger partial charge < -0.3 is 15.7 Å². The molecule has 0 radical (unpaired) electrons. The molecule has 0 saturated heterocycles. The number of dihydropyridines is 1. The maximum Gasteiger partial charge on any atom is 0.391 e. The number of allylic oxidation sites excluding steroid dienone is 1. The standard InChI is InChI=1S/C17H21F3N4O2/c18-17(19,20)12-4-2-11(3-5-12)9-22-16(26)13-10-21-15(8-14(13)25)24-7-1-6-23-24/h1,6-8,11-12,21,25H,2-5,9-10H2,(H,22,26). The van der Waals surface area contributed by atoms with Crippen LogP contribution >= 0.6 is 0 Å². The maximum absolute atomic E-state index is 12.7. The molecule has 0 spiro atoms. The number of rotatable bonds is 4. The lowest BCUT2D eigenvalue weighted by Crippen LogP contribution is -2.37. The van der Waals surface area contributed by atoms with E-state index < -0.39 is 18.0 Å². The van der Waals surface area contributed by atoms with Crippen molar-refractivity contribution in [2.24, 2.45) is 11.8 Å². The number of hydrogen-bond acceptors (Lipinski definition) is 4. The molecule has 1 aromatic heterocycles. The van der Waals surface area contributed by atoms with Gasteiger partial charge in [0, 0.05) is 25.0 Å². The lowest BCUT2D eigenvalue weighted by Gasteiger charge is -2.30. The molecule has 9 heteroatoms. The van der Waals surface area contributed by atoms with Crippen LogP contribution in [0.5, 0.6) is 0 Å². The first-order valence-electron chi connectivity index (χ1n) is 8.57. The summed E-state index contributed by atoms with van der Waals surface area (Å²) < 4.78 is 39.6.